The predicted molar refractivity (Wildman–Crippen MR) is 49.6 cm³/mol. The number of nitrogens with one attached hydrogen (secondary N) is 1. The molecule has 13 heavy (non-hydrogen) atoms. The highest BCUT2D eigenvalue weighted by Gasteiger charge is 2.21. The quantitative estimate of drug-likeness (QED) is 0.753. The largest absolute Gasteiger partial charge is 0.275 e. The summed E-state index contributed by atoms with van der Waals surface area (Å²) in [5.74, 6) is 0. The second-order valence-electron chi connectivity index (χ2n) is 2.84. The Kier molecular flexibility index (Phi) is 2.72. The van der Waals surface area contributed by atoms with Crippen LogP contribution in [0.3, 0.4) is 0 Å². The molecule has 0 saturated heterocycles. The maximum atomic E-state index is 11.4. The molecule has 1 N–H and O–H groups in total. The Morgan fingerprint density at radius 2 is 2.23 bits per heavy atom. The summed E-state index contributed by atoms with van der Waals surface area (Å²) in [5.41, 5.74) is 0.692. The van der Waals surface area contributed by atoms with Gasteiger partial charge in [0.15, 0.2) is 0 Å². The van der Waals surface area contributed by atoms with Gasteiger partial charge in [0.05, 0.1) is 6.20 Å². The van der Waals surface area contributed by atoms with E-state index in [-0.39, 0.29) is 0 Å². The summed E-state index contributed by atoms with van der Waals surface area (Å²) >= 11 is 0. The van der Waals surface area contributed by atoms with E-state index in [9.17, 15) is 8.42 Å². The molecular weight excluding hydrogens is 190 g/mol. The highest BCUT2D eigenvalue weighted by Crippen LogP contribution is 2.18. The molecular formula is C7H13N3O2S. The third-order valence-corrected chi connectivity index (χ3v) is 3.72. The van der Waals surface area contributed by atoms with Gasteiger partial charge in [-0.3, -0.25) is 4.68 Å². The molecule has 1 atom stereocenters. The Hall–Kier alpha value is -0.880. The van der Waals surface area contributed by atoms with Crippen LogP contribution in [0.15, 0.2) is 12.4 Å². The summed E-state index contributed by atoms with van der Waals surface area (Å²) in [4.78, 5) is 0. The van der Waals surface area contributed by atoms with Crippen molar-refractivity contribution in [2.24, 2.45) is 7.05 Å². The van der Waals surface area contributed by atoms with Crippen molar-refractivity contribution in [3.05, 3.63) is 18.0 Å². The first kappa shape index (κ1) is 10.2. The van der Waals surface area contributed by atoms with Gasteiger partial charge in [-0.2, -0.15) is 5.10 Å². The van der Waals surface area contributed by atoms with Gasteiger partial charge in [0.1, 0.15) is 5.25 Å². The highest BCUT2D eigenvalue weighted by molar-refractivity contribution is 7.89. The average Bonchev–Trinajstić information content (AvgIpc) is 2.50. The van der Waals surface area contributed by atoms with Gasteiger partial charge in [-0.25, -0.2) is 13.1 Å². The zero-order valence-corrected chi connectivity index (χ0v) is 8.67. The third kappa shape index (κ3) is 2.07. The Morgan fingerprint density at radius 1 is 1.62 bits per heavy atom. The first-order chi connectivity index (χ1) is 5.97. The zero-order valence-electron chi connectivity index (χ0n) is 7.85. The first-order valence-electron chi connectivity index (χ1n) is 3.88. The minimum Gasteiger partial charge on any atom is -0.275 e. The van der Waals surface area contributed by atoms with Gasteiger partial charge in [0.25, 0.3) is 0 Å². The van der Waals surface area contributed by atoms with Crippen LogP contribution < -0.4 is 4.72 Å². The van der Waals surface area contributed by atoms with E-state index in [1.165, 1.54) is 7.05 Å². The Labute approximate surface area is 77.8 Å². The van der Waals surface area contributed by atoms with Crippen LogP contribution >= 0.6 is 0 Å². The maximum Gasteiger partial charge on any atom is 0.218 e. The van der Waals surface area contributed by atoms with E-state index >= 15 is 0 Å². The fourth-order valence-corrected chi connectivity index (χ4v) is 1.84. The van der Waals surface area contributed by atoms with Gasteiger partial charge in [-0.15, -0.1) is 0 Å². The standard InChI is InChI=1S/C7H13N3O2S/c1-6(13(11,12)8-2)7-4-9-10(3)5-7/h4-6,8H,1-3H3. The van der Waals surface area contributed by atoms with E-state index in [1.54, 1.807) is 31.0 Å². The van der Waals surface area contributed by atoms with Crippen molar-refractivity contribution >= 4 is 10.0 Å². The molecule has 0 bridgehead atoms. The van der Waals surface area contributed by atoms with Gasteiger partial charge in [0, 0.05) is 18.8 Å². The van der Waals surface area contributed by atoms with Gasteiger partial charge in [0.2, 0.25) is 10.0 Å². The lowest BCUT2D eigenvalue weighted by Gasteiger charge is -2.08. The molecule has 0 spiro atoms. The normalized spacial score (nSPS) is 14.4. The minimum atomic E-state index is -3.24. The van der Waals surface area contributed by atoms with Crippen molar-refractivity contribution in [2.45, 2.75) is 12.2 Å². The number of aromatic nitrogens is 2. The summed E-state index contributed by atoms with van der Waals surface area (Å²) in [6.07, 6.45) is 3.25. The third-order valence-electron chi connectivity index (χ3n) is 1.94. The molecule has 0 amide bonds. The van der Waals surface area contributed by atoms with E-state index in [0.29, 0.717) is 5.56 Å². The summed E-state index contributed by atoms with van der Waals surface area (Å²) < 4.78 is 26.6. The van der Waals surface area contributed by atoms with Crippen LogP contribution in [0, 0.1) is 0 Å². The van der Waals surface area contributed by atoms with E-state index in [0.717, 1.165) is 0 Å². The second-order valence-corrected chi connectivity index (χ2v) is 5.04. The van der Waals surface area contributed by atoms with E-state index in [1.807, 2.05) is 0 Å². The second kappa shape index (κ2) is 3.47. The highest BCUT2D eigenvalue weighted by atomic mass is 32.2. The Morgan fingerprint density at radius 3 is 2.62 bits per heavy atom. The lowest BCUT2D eigenvalue weighted by Crippen LogP contribution is -2.23. The van der Waals surface area contributed by atoms with Crippen LogP contribution in [0.1, 0.15) is 17.7 Å². The average molecular weight is 203 g/mol. The zero-order chi connectivity index (χ0) is 10.1. The predicted octanol–water partition coefficient (Wildman–Crippen LogP) is 0.0303. The molecule has 0 aliphatic carbocycles. The monoisotopic (exact) mass is 203 g/mol. The number of hydrogen-bond donors (Lipinski definition) is 1. The van der Waals surface area contributed by atoms with Crippen molar-refractivity contribution < 1.29 is 8.42 Å². The Balaban J connectivity index is 2.98. The molecule has 0 aliphatic rings. The van der Waals surface area contributed by atoms with Crippen molar-refractivity contribution in [1.82, 2.24) is 14.5 Å². The van der Waals surface area contributed by atoms with Crippen LogP contribution in [-0.4, -0.2) is 25.2 Å². The van der Waals surface area contributed by atoms with E-state index in [4.69, 9.17) is 0 Å². The minimum absolute atomic E-state index is 0.564. The topological polar surface area (TPSA) is 64.0 Å². The maximum absolute atomic E-state index is 11.4. The molecule has 1 heterocycles. The number of hydrogen-bond acceptors (Lipinski definition) is 3. The molecule has 0 fully saturated rings. The number of nitrogens with zero attached hydrogens (tertiary/aromatic N) is 2. The molecule has 1 aromatic heterocycles. The van der Waals surface area contributed by atoms with Gasteiger partial charge in [-0.1, -0.05) is 0 Å². The number of rotatable bonds is 3. The summed E-state index contributed by atoms with van der Waals surface area (Å²) in [6.45, 7) is 1.63. The summed E-state index contributed by atoms with van der Waals surface area (Å²) in [7, 11) is -0.0841. The SMILES string of the molecule is CNS(=O)(=O)C(C)c1cnn(C)c1. The number of sulfonamides is 1. The van der Waals surface area contributed by atoms with Crippen molar-refractivity contribution in [1.29, 1.82) is 0 Å². The molecule has 0 saturated carbocycles. The van der Waals surface area contributed by atoms with Crippen LogP contribution in [0.2, 0.25) is 0 Å². The summed E-state index contributed by atoms with van der Waals surface area (Å²) in [6, 6.07) is 0. The van der Waals surface area contributed by atoms with Crippen LogP contribution in [0.5, 0.6) is 0 Å². The lowest BCUT2D eigenvalue weighted by molar-refractivity contribution is 0.578. The molecule has 0 aliphatic heterocycles. The molecule has 6 heteroatoms. The van der Waals surface area contributed by atoms with Crippen LogP contribution in [-0.2, 0) is 17.1 Å². The molecule has 0 radical (unpaired) electrons. The van der Waals surface area contributed by atoms with Gasteiger partial charge < -0.3 is 0 Å². The Bertz CT molecular complexity index is 382. The fraction of sp³-hybridized carbons (Fsp3) is 0.571. The summed E-state index contributed by atoms with van der Waals surface area (Å²) in [5, 5.41) is 3.35. The molecule has 1 rings (SSSR count). The van der Waals surface area contributed by atoms with Crippen molar-refractivity contribution in [3.63, 3.8) is 0 Å². The van der Waals surface area contributed by atoms with E-state index in [2.05, 4.69) is 9.82 Å². The van der Waals surface area contributed by atoms with Crippen LogP contribution in [0.4, 0.5) is 0 Å². The fourth-order valence-electron chi connectivity index (χ4n) is 1.01. The molecule has 5 nitrogen and oxygen atoms in total. The van der Waals surface area contributed by atoms with Crippen LogP contribution in [0.25, 0.3) is 0 Å². The van der Waals surface area contributed by atoms with Gasteiger partial charge in [-0.05, 0) is 14.0 Å². The first-order valence-corrected chi connectivity index (χ1v) is 5.43. The van der Waals surface area contributed by atoms with Crippen molar-refractivity contribution in [3.8, 4) is 0 Å². The van der Waals surface area contributed by atoms with E-state index < -0.39 is 15.3 Å². The van der Waals surface area contributed by atoms with Crippen molar-refractivity contribution in [2.75, 3.05) is 7.05 Å². The van der Waals surface area contributed by atoms with Gasteiger partial charge >= 0.3 is 0 Å². The molecule has 74 valence electrons. The molecule has 1 aromatic rings. The molecule has 0 aromatic carbocycles. The molecule has 1 unspecified atom stereocenters. The smallest absolute Gasteiger partial charge is 0.218 e. The number of aryl methyl sites for hydroxylation is 1. The lowest BCUT2D eigenvalue weighted by atomic mass is 10.3.